The van der Waals surface area contributed by atoms with Crippen LogP contribution in [0.2, 0.25) is 0 Å². The summed E-state index contributed by atoms with van der Waals surface area (Å²) in [6.07, 6.45) is 1.47. The van der Waals surface area contributed by atoms with Crippen molar-refractivity contribution in [3.63, 3.8) is 0 Å². The molecule has 0 spiro atoms. The lowest BCUT2D eigenvalue weighted by Gasteiger charge is -2.29. The third kappa shape index (κ3) is 4.67. The van der Waals surface area contributed by atoms with Gasteiger partial charge in [0.1, 0.15) is 5.75 Å². The number of carbonyl (C=O) groups is 2. The highest BCUT2D eigenvalue weighted by molar-refractivity contribution is 6.04. The quantitative estimate of drug-likeness (QED) is 0.869. The molecule has 0 saturated heterocycles. The van der Waals surface area contributed by atoms with E-state index in [9.17, 15) is 9.59 Å². The fourth-order valence-electron chi connectivity index (χ4n) is 3.23. The molecule has 0 fully saturated rings. The first kappa shape index (κ1) is 19.0. The summed E-state index contributed by atoms with van der Waals surface area (Å²) in [7, 11) is 0. The third-order valence-corrected chi connectivity index (χ3v) is 4.62. The molecule has 2 aromatic carbocycles. The van der Waals surface area contributed by atoms with Crippen LogP contribution in [-0.2, 0) is 17.8 Å². The summed E-state index contributed by atoms with van der Waals surface area (Å²) < 4.78 is 5.60. The third-order valence-electron chi connectivity index (χ3n) is 4.62. The van der Waals surface area contributed by atoms with Crippen LogP contribution in [0.5, 0.6) is 5.75 Å². The zero-order chi connectivity index (χ0) is 19.4. The van der Waals surface area contributed by atoms with Gasteiger partial charge in [-0.25, -0.2) is 0 Å². The summed E-state index contributed by atoms with van der Waals surface area (Å²) in [6.45, 7) is 7.17. The zero-order valence-corrected chi connectivity index (χ0v) is 16.1. The monoisotopic (exact) mass is 366 g/mol. The van der Waals surface area contributed by atoms with Gasteiger partial charge >= 0.3 is 0 Å². The van der Waals surface area contributed by atoms with E-state index < -0.39 is 0 Å². The van der Waals surface area contributed by atoms with Gasteiger partial charge < -0.3 is 15.0 Å². The van der Waals surface area contributed by atoms with Crippen molar-refractivity contribution >= 4 is 17.5 Å². The predicted octanol–water partition coefficient (Wildman–Crippen LogP) is 4.02. The first-order valence-electron chi connectivity index (χ1n) is 9.44. The number of ether oxygens (including phenoxy) is 1. The molecule has 0 atom stereocenters. The van der Waals surface area contributed by atoms with Crippen molar-refractivity contribution in [1.82, 2.24) is 4.90 Å². The molecule has 1 heterocycles. The molecule has 2 aromatic rings. The molecule has 0 aliphatic carbocycles. The number of carbonyl (C=O) groups excluding carboxylic acids is 2. The number of benzene rings is 2. The van der Waals surface area contributed by atoms with Crippen LogP contribution in [0.15, 0.2) is 42.5 Å². The molecule has 0 bridgehead atoms. The van der Waals surface area contributed by atoms with Crippen molar-refractivity contribution in [3.05, 3.63) is 59.2 Å². The van der Waals surface area contributed by atoms with Gasteiger partial charge in [-0.1, -0.05) is 13.0 Å². The van der Waals surface area contributed by atoms with Crippen LogP contribution >= 0.6 is 0 Å². The Morgan fingerprint density at radius 3 is 2.52 bits per heavy atom. The number of amides is 2. The molecule has 0 saturated carbocycles. The van der Waals surface area contributed by atoms with E-state index in [4.69, 9.17) is 4.74 Å². The van der Waals surface area contributed by atoms with Crippen LogP contribution in [0.1, 0.15) is 48.7 Å². The van der Waals surface area contributed by atoms with Crippen molar-refractivity contribution < 1.29 is 14.3 Å². The summed E-state index contributed by atoms with van der Waals surface area (Å²) in [5.41, 5.74) is 3.66. The second kappa shape index (κ2) is 8.25. The van der Waals surface area contributed by atoms with Crippen LogP contribution in [0, 0.1) is 0 Å². The van der Waals surface area contributed by atoms with Gasteiger partial charge in [0, 0.05) is 30.8 Å². The van der Waals surface area contributed by atoms with Crippen LogP contribution in [0.25, 0.3) is 0 Å². The Hall–Kier alpha value is -2.82. The molecule has 2 amide bonds. The Bertz CT molecular complexity index is 828. The van der Waals surface area contributed by atoms with Gasteiger partial charge in [0.2, 0.25) is 5.91 Å². The lowest BCUT2D eigenvalue weighted by Crippen LogP contribution is -2.35. The molecule has 1 aliphatic heterocycles. The molecular formula is C22H26N2O3. The van der Waals surface area contributed by atoms with E-state index in [0.29, 0.717) is 18.5 Å². The zero-order valence-electron chi connectivity index (χ0n) is 16.1. The summed E-state index contributed by atoms with van der Waals surface area (Å²) >= 11 is 0. The predicted molar refractivity (Wildman–Crippen MR) is 106 cm³/mol. The molecule has 3 rings (SSSR count). The molecule has 1 N–H and O–H groups in total. The number of rotatable bonds is 5. The Morgan fingerprint density at radius 1 is 1.11 bits per heavy atom. The topological polar surface area (TPSA) is 58.6 Å². The van der Waals surface area contributed by atoms with Crippen LogP contribution in [-0.4, -0.2) is 29.4 Å². The summed E-state index contributed by atoms with van der Waals surface area (Å²) in [4.78, 5) is 26.4. The first-order chi connectivity index (χ1) is 13.0. The van der Waals surface area contributed by atoms with E-state index in [-0.39, 0.29) is 17.9 Å². The van der Waals surface area contributed by atoms with Gasteiger partial charge in [0.15, 0.2) is 0 Å². The fourth-order valence-corrected chi connectivity index (χ4v) is 3.23. The first-order valence-corrected chi connectivity index (χ1v) is 9.44. The molecular weight excluding hydrogens is 340 g/mol. The number of hydrogen-bond acceptors (Lipinski definition) is 3. The van der Waals surface area contributed by atoms with E-state index in [1.54, 1.807) is 24.3 Å². The Morgan fingerprint density at radius 2 is 1.85 bits per heavy atom. The summed E-state index contributed by atoms with van der Waals surface area (Å²) in [5.74, 6) is 0.748. The second-order valence-corrected chi connectivity index (χ2v) is 7.05. The molecule has 27 heavy (non-hydrogen) atoms. The van der Waals surface area contributed by atoms with Gasteiger partial charge in [0.25, 0.3) is 5.91 Å². The lowest BCUT2D eigenvalue weighted by atomic mass is 9.98. The van der Waals surface area contributed by atoms with Crippen LogP contribution < -0.4 is 10.1 Å². The number of fused-ring (bicyclic) bond motifs is 1. The minimum atomic E-state index is -0.164. The fraction of sp³-hybridized carbons (Fsp3) is 0.364. The van der Waals surface area contributed by atoms with E-state index in [1.165, 1.54) is 5.56 Å². The Kier molecular flexibility index (Phi) is 5.79. The number of nitrogens with zero attached hydrogens (tertiary/aromatic N) is 1. The molecule has 0 aromatic heterocycles. The maximum absolute atomic E-state index is 12.5. The second-order valence-electron chi connectivity index (χ2n) is 7.05. The summed E-state index contributed by atoms with van der Waals surface area (Å²) in [5, 5.41) is 2.94. The Balaban J connectivity index is 1.69. The number of anilines is 1. The van der Waals surface area contributed by atoms with E-state index >= 15 is 0 Å². The van der Waals surface area contributed by atoms with E-state index in [2.05, 4.69) is 5.32 Å². The maximum atomic E-state index is 12.5. The SMILES string of the molecule is CCC(=O)N1CCc2ccc(NC(=O)c3ccc(OC(C)C)cc3)cc2C1. The van der Waals surface area contributed by atoms with Crippen molar-refractivity contribution in [1.29, 1.82) is 0 Å². The smallest absolute Gasteiger partial charge is 0.255 e. The molecule has 0 radical (unpaired) electrons. The van der Waals surface area contributed by atoms with Crippen molar-refractivity contribution in [3.8, 4) is 5.75 Å². The van der Waals surface area contributed by atoms with Gasteiger partial charge in [0.05, 0.1) is 6.10 Å². The molecule has 5 nitrogen and oxygen atoms in total. The van der Waals surface area contributed by atoms with Crippen LogP contribution in [0.4, 0.5) is 5.69 Å². The average molecular weight is 366 g/mol. The highest BCUT2D eigenvalue weighted by Gasteiger charge is 2.20. The highest BCUT2D eigenvalue weighted by Crippen LogP contribution is 2.24. The summed E-state index contributed by atoms with van der Waals surface area (Å²) in [6, 6.07) is 13.0. The van der Waals surface area contributed by atoms with Crippen LogP contribution in [0.3, 0.4) is 0 Å². The van der Waals surface area contributed by atoms with Gasteiger partial charge in [-0.3, -0.25) is 9.59 Å². The molecule has 0 unspecified atom stereocenters. The minimum Gasteiger partial charge on any atom is -0.491 e. The molecule has 5 heteroatoms. The van der Waals surface area contributed by atoms with Gasteiger partial charge in [-0.05, 0) is 67.8 Å². The van der Waals surface area contributed by atoms with Crippen molar-refractivity contribution in [2.75, 3.05) is 11.9 Å². The Labute approximate surface area is 160 Å². The van der Waals surface area contributed by atoms with E-state index in [0.717, 1.165) is 30.0 Å². The normalized spacial score (nSPS) is 13.3. The number of hydrogen-bond donors (Lipinski definition) is 1. The molecule has 1 aliphatic rings. The average Bonchev–Trinajstić information content (AvgIpc) is 2.66. The highest BCUT2D eigenvalue weighted by atomic mass is 16.5. The minimum absolute atomic E-state index is 0.0966. The van der Waals surface area contributed by atoms with Gasteiger partial charge in [-0.15, -0.1) is 0 Å². The largest absolute Gasteiger partial charge is 0.491 e. The standard InChI is InChI=1S/C22H26N2O3/c1-4-21(25)24-12-11-16-5-8-19(13-18(16)14-24)23-22(26)17-6-9-20(10-7-17)27-15(2)3/h5-10,13,15H,4,11-12,14H2,1-3H3,(H,23,26). The molecule has 142 valence electrons. The lowest BCUT2D eigenvalue weighted by molar-refractivity contribution is -0.131. The van der Waals surface area contributed by atoms with Gasteiger partial charge in [-0.2, -0.15) is 0 Å². The maximum Gasteiger partial charge on any atom is 0.255 e. The van der Waals surface area contributed by atoms with Crippen molar-refractivity contribution in [2.45, 2.75) is 46.3 Å². The number of nitrogens with one attached hydrogen (secondary N) is 1. The van der Waals surface area contributed by atoms with E-state index in [1.807, 2.05) is 43.9 Å². The van der Waals surface area contributed by atoms with Crippen molar-refractivity contribution in [2.24, 2.45) is 0 Å².